The summed E-state index contributed by atoms with van der Waals surface area (Å²) in [6.07, 6.45) is 0. The molecule has 0 atom stereocenters. The number of benzene rings is 2. The quantitative estimate of drug-likeness (QED) is 0.647. The lowest BCUT2D eigenvalue weighted by atomic mass is 10.2. The fourth-order valence-electron chi connectivity index (χ4n) is 2.35. The third kappa shape index (κ3) is 3.93. The molecule has 4 nitrogen and oxygen atoms in total. The first kappa shape index (κ1) is 18.1. The number of nitrogens with zero attached hydrogens (tertiary/aromatic N) is 2. The number of fused-ring (bicyclic) bond motifs is 1. The van der Waals surface area contributed by atoms with Crippen molar-refractivity contribution in [3.05, 3.63) is 62.6 Å². The second-order valence-electron chi connectivity index (χ2n) is 5.19. The highest BCUT2D eigenvalue weighted by molar-refractivity contribution is 7.16. The first-order chi connectivity index (χ1) is 12.0. The Bertz CT molecular complexity index is 996. The molecule has 0 N–H and O–H groups in total. The summed E-state index contributed by atoms with van der Waals surface area (Å²) in [5.74, 6) is -0.866. The van der Waals surface area contributed by atoms with Crippen molar-refractivity contribution in [3.63, 3.8) is 0 Å². The smallest absolute Gasteiger partial charge is 0.279 e. The first-order valence-electron chi connectivity index (χ1n) is 7.31. The Morgan fingerprint density at radius 1 is 1.28 bits per heavy atom. The zero-order valence-corrected chi connectivity index (χ0v) is 15.5. The molecule has 0 radical (unpaired) electrons. The number of ether oxygens (including phenoxy) is 1. The largest absolute Gasteiger partial charge is 0.383 e. The van der Waals surface area contributed by atoms with E-state index < -0.39 is 11.7 Å². The molecule has 2 aromatic carbocycles. The lowest BCUT2D eigenvalue weighted by Crippen LogP contribution is -2.19. The molecule has 0 bridgehead atoms. The van der Waals surface area contributed by atoms with Crippen LogP contribution in [0.5, 0.6) is 0 Å². The molecule has 3 rings (SSSR count). The second-order valence-corrected chi connectivity index (χ2v) is 7.04. The van der Waals surface area contributed by atoms with Gasteiger partial charge in [-0.05, 0) is 36.4 Å². The molecule has 3 aromatic rings. The van der Waals surface area contributed by atoms with Crippen LogP contribution in [0.3, 0.4) is 0 Å². The average molecular weight is 399 g/mol. The first-order valence-corrected chi connectivity index (χ1v) is 8.89. The van der Waals surface area contributed by atoms with Crippen LogP contribution in [0.4, 0.5) is 4.39 Å². The van der Waals surface area contributed by atoms with E-state index in [-0.39, 0.29) is 0 Å². The van der Waals surface area contributed by atoms with Gasteiger partial charge in [0.25, 0.3) is 5.91 Å². The van der Waals surface area contributed by atoms with E-state index in [1.54, 1.807) is 19.2 Å². The van der Waals surface area contributed by atoms with Crippen LogP contribution < -0.4 is 4.80 Å². The van der Waals surface area contributed by atoms with Crippen LogP contribution in [-0.4, -0.2) is 24.2 Å². The number of hydrogen-bond acceptors (Lipinski definition) is 3. The van der Waals surface area contributed by atoms with Gasteiger partial charge in [0.2, 0.25) is 0 Å². The molecule has 1 aromatic heterocycles. The number of amides is 1. The molecule has 0 saturated carbocycles. The number of carbonyl (C=O) groups excluding carboxylic acids is 1. The summed E-state index contributed by atoms with van der Waals surface area (Å²) in [4.78, 5) is 17.1. The minimum absolute atomic E-state index is 0.307. The van der Waals surface area contributed by atoms with Gasteiger partial charge in [-0.2, -0.15) is 4.99 Å². The Labute approximate surface area is 157 Å². The maximum Gasteiger partial charge on any atom is 0.279 e. The van der Waals surface area contributed by atoms with Crippen molar-refractivity contribution in [2.24, 2.45) is 4.99 Å². The Balaban J connectivity index is 2.15. The highest BCUT2D eigenvalue weighted by Crippen LogP contribution is 2.29. The zero-order valence-electron chi connectivity index (χ0n) is 13.1. The summed E-state index contributed by atoms with van der Waals surface area (Å²) in [7, 11) is 1.59. The van der Waals surface area contributed by atoms with Crippen molar-refractivity contribution >= 4 is 50.7 Å². The van der Waals surface area contributed by atoms with E-state index in [2.05, 4.69) is 4.99 Å². The van der Waals surface area contributed by atoms with Gasteiger partial charge in [0.05, 0.1) is 21.8 Å². The number of methoxy groups -OCH3 is 1. The second kappa shape index (κ2) is 7.66. The molecule has 8 heteroatoms. The minimum Gasteiger partial charge on any atom is -0.383 e. The van der Waals surface area contributed by atoms with Crippen LogP contribution in [0.15, 0.2) is 41.4 Å². The molecule has 1 amide bonds. The maximum atomic E-state index is 13.0. The number of carbonyl (C=O) groups is 1. The lowest BCUT2D eigenvalue weighted by Gasteiger charge is -2.06. The Morgan fingerprint density at radius 3 is 2.68 bits per heavy atom. The fourth-order valence-corrected chi connectivity index (χ4v) is 4.19. The highest BCUT2D eigenvalue weighted by atomic mass is 35.5. The predicted molar refractivity (Wildman–Crippen MR) is 98.0 cm³/mol. The molecule has 0 fully saturated rings. The molecule has 0 spiro atoms. The maximum absolute atomic E-state index is 13.0. The number of hydrogen-bond donors (Lipinski definition) is 0. The fraction of sp³-hybridized carbons (Fsp3) is 0.176. The SMILES string of the molecule is COCCn1c(=NC(=O)c2ccc(F)cc2)sc2cc(Cl)cc(Cl)c21. The Kier molecular flexibility index (Phi) is 5.54. The summed E-state index contributed by atoms with van der Waals surface area (Å²) in [5, 5.41) is 0.986. The standard InChI is InChI=1S/C17H13Cl2FN2O2S/c1-24-7-6-22-15-13(19)8-11(18)9-14(15)25-17(22)21-16(23)10-2-4-12(20)5-3-10/h2-5,8-9H,6-7H2,1H3. The molecule has 0 aliphatic heterocycles. The molecule has 130 valence electrons. The zero-order chi connectivity index (χ0) is 18.0. The van der Waals surface area contributed by atoms with Crippen molar-refractivity contribution < 1.29 is 13.9 Å². The molecule has 0 aliphatic carbocycles. The molecule has 1 heterocycles. The van der Waals surface area contributed by atoms with Gasteiger partial charge in [-0.1, -0.05) is 34.5 Å². The van der Waals surface area contributed by atoms with Gasteiger partial charge < -0.3 is 9.30 Å². The van der Waals surface area contributed by atoms with Gasteiger partial charge in [-0.25, -0.2) is 4.39 Å². The van der Waals surface area contributed by atoms with Crippen molar-refractivity contribution in [1.82, 2.24) is 4.57 Å². The summed E-state index contributed by atoms with van der Waals surface area (Å²) < 4.78 is 20.8. The Morgan fingerprint density at radius 2 is 2.00 bits per heavy atom. The van der Waals surface area contributed by atoms with Gasteiger partial charge in [-0.3, -0.25) is 4.79 Å². The van der Waals surface area contributed by atoms with Gasteiger partial charge in [-0.15, -0.1) is 0 Å². The van der Waals surface area contributed by atoms with E-state index in [9.17, 15) is 9.18 Å². The minimum atomic E-state index is -0.458. The lowest BCUT2D eigenvalue weighted by molar-refractivity contribution is 0.0997. The molecule has 0 aliphatic rings. The summed E-state index contributed by atoms with van der Waals surface area (Å²) >= 11 is 13.7. The number of aromatic nitrogens is 1. The van der Waals surface area contributed by atoms with Gasteiger partial charge in [0, 0.05) is 24.2 Å². The average Bonchev–Trinajstić information content (AvgIpc) is 2.90. The van der Waals surface area contributed by atoms with Crippen LogP contribution in [0.1, 0.15) is 10.4 Å². The van der Waals surface area contributed by atoms with Crippen LogP contribution in [-0.2, 0) is 11.3 Å². The van der Waals surface area contributed by atoms with Crippen LogP contribution in [0.25, 0.3) is 10.2 Å². The van der Waals surface area contributed by atoms with E-state index in [1.807, 2.05) is 4.57 Å². The number of thiazole rings is 1. The molecule has 0 unspecified atom stereocenters. The van der Waals surface area contributed by atoms with E-state index in [0.29, 0.717) is 33.6 Å². The third-order valence-electron chi connectivity index (χ3n) is 3.50. The van der Waals surface area contributed by atoms with Crippen molar-refractivity contribution in [1.29, 1.82) is 0 Å². The number of halogens is 3. The van der Waals surface area contributed by atoms with Crippen molar-refractivity contribution in [2.75, 3.05) is 13.7 Å². The van der Waals surface area contributed by atoms with E-state index >= 15 is 0 Å². The van der Waals surface area contributed by atoms with Crippen LogP contribution >= 0.6 is 34.5 Å². The van der Waals surface area contributed by atoms with Crippen molar-refractivity contribution in [3.8, 4) is 0 Å². The molecule has 0 saturated heterocycles. The summed E-state index contributed by atoms with van der Waals surface area (Å²) in [6.45, 7) is 0.913. The monoisotopic (exact) mass is 398 g/mol. The van der Waals surface area contributed by atoms with E-state index in [0.717, 1.165) is 10.2 Å². The summed E-state index contributed by atoms with van der Waals surface area (Å²) in [5.41, 5.74) is 1.06. The van der Waals surface area contributed by atoms with Crippen molar-refractivity contribution in [2.45, 2.75) is 6.54 Å². The topological polar surface area (TPSA) is 43.6 Å². The van der Waals surface area contributed by atoms with Crippen LogP contribution in [0.2, 0.25) is 10.0 Å². The predicted octanol–water partition coefficient (Wildman–Crippen LogP) is 4.54. The van der Waals surface area contributed by atoms with E-state index in [4.69, 9.17) is 27.9 Å². The molecular weight excluding hydrogens is 386 g/mol. The van der Waals surface area contributed by atoms with E-state index in [1.165, 1.54) is 35.6 Å². The summed E-state index contributed by atoms with van der Waals surface area (Å²) in [6, 6.07) is 8.67. The van der Waals surface area contributed by atoms with Gasteiger partial charge >= 0.3 is 0 Å². The Hall–Kier alpha value is -1.73. The molecular formula is C17H13Cl2FN2O2S. The van der Waals surface area contributed by atoms with Crippen LogP contribution in [0, 0.1) is 5.82 Å². The normalized spacial score (nSPS) is 12.1. The molecule has 25 heavy (non-hydrogen) atoms. The number of rotatable bonds is 4. The highest BCUT2D eigenvalue weighted by Gasteiger charge is 2.13. The van der Waals surface area contributed by atoms with Gasteiger partial charge in [0.1, 0.15) is 5.82 Å². The third-order valence-corrected chi connectivity index (χ3v) is 5.03. The van der Waals surface area contributed by atoms with Gasteiger partial charge in [0.15, 0.2) is 4.80 Å².